The van der Waals surface area contributed by atoms with Gasteiger partial charge in [-0.05, 0) is 35.9 Å². The maximum atomic E-state index is 6.20. The lowest BCUT2D eigenvalue weighted by molar-refractivity contribution is 0.837. The molecule has 0 amide bonds. The van der Waals surface area contributed by atoms with Crippen LogP contribution in [0.25, 0.3) is 31.7 Å². The molecule has 0 aliphatic rings. The average Bonchev–Trinajstić information content (AvgIpc) is 3.26. The minimum atomic E-state index is 0.577. The molecule has 0 N–H and O–H groups in total. The van der Waals surface area contributed by atoms with E-state index < -0.39 is 0 Å². The molecule has 132 valence electrons. The van der Waals surface area contributed by atoms with Crippen LogP contribution in [-0.4, -0.2) is 9.55 Å². The highest BCUT2D eigenvalue weighted by atomic mass is 35.5. The van der Waals surface area contributed by atoms with Crippen molar-refractivity contribution < 1.29 is 0 Å². The molecule has 0 spiro atoms. The molecule has 2 nitrogen and oxygen atoms in total. The van der Waals surface area contributed by atoms with Crippen molar-refractivity contribution in [3.8, 4) is 10.6 Å². The lowest BCUT2D eigenvalue weighted by Crippen LogP contribution is -1.97. The summed E-state index contributed by atoms with van der Waals surface area (Å²) in [5.41, 5.74) is 4.49. The lowest BCUT2D eigenvalue weighted by Gasteiger charge is -2.06. The smallest absolute Gasteiger partial charge is 0.126 e. The maximum absolute atomic E-state index is 6.20. The molecule has 5 aromatic rings. The Morgan fingerprint density at radius 3 is 2.56 bits per heavy atom. The fourth-order valence-electron chi connectivity index (χ4n) is 3.37. The van der Waals surface area contributed by atoms with E-state index in [0.29, 0.717) is 10.0 Å². The summed E-state index contributed by atoms with van der Waals surface area (Å²) in [4.78, 5) is 4.85. The molecule has 2 heterocycles. The summed E-state index contributed by atoms with van der Waals surface area (Å²) in [6, 6.07) is 22.5. The molecular formula is C22H14Cl2N2S. The number of nitrogens with zero attached hydrogens (tertiary/aromatic N) is 2. The second-order valence-electron chi connectivity index (χ2n) is 6.42. The molecule has 0 aliphatic carbocycles. The molecule has 0 bridgehead atoms. The second kappa shape index (κ2) is 6.68. The molecule has 0 saturated heterocycles. The van der Waals surface area contributed by atoms with E-state index in [9.17, 15) is 0 Å². The van der Waals surface area contributed by atoms with Gasteiger partial charge < -0.3 is 4.57 Å². The average molecular weight is 409 g/mol. The van der Waals surface area contributed by atoms with Gasteiger partial charge in [0.25, 0.3) is 0 Å². The molecule has 0 atom stereocenters. The number of fused-ring (bicyclic) bond motifs is 2. The molecule has 0 fully saturated rings. The fourth-order valence-corrected chi connectivity index (χ4v) is 4.68. The highest BCUT2D eigenvalue weighted by molar-refractivity contribution is 7.21. The van der Waals surface area contributed by atoms with E-state index in [1.165, 1.54) is 15.6 Å². The van der Waals surface area contributed by atoms with Gasteiger partial charge in [0.05, 0.1) is 20.3 Å². The number of rotatable bonds is 3. The van der Waals surface area contributed by atoms with Crippen molar-refractivity contribution in [1.29, 1.82) is 0 Å². The normalized spacial score (nSPS) is 11.5. The summed E-state index contributed by atoms with van der Waals surface area (Å²) in [7, 11) is 0. The zero-order valence-electron chi connectivity index (χ0n) is 14.2. The molecule has 0 aliphatic heterocycles. The van der Waals surface area contributed by atoms with Gasteiger partial charge >= 0.3 is 0 Å². The molecule has 0 unspecified atom stereocenters. The van der Waals surface area contributed by atoms with E-state index >= 15 is 0 Å². The minimum absolute atomic E-state index is 0.577. The number of thiazole rings is 1. The molecular weight excluding hydrogens is 395 g/mol. The van der Waals surface area contributed by atoms with E-state index in [-0.39, 0.29) is 0 Å². The number of para-hydroxylation sites is 2. The largest absolute Gasteiger partial charge is 0.342 e. The second-order valence-corrected chi connectivity index (χ2v) is 8.27. The van der Waals surface area contributed by atoms with Crippen molar-refractivity contribution in [2.75, 3.05) is 0 Å². The van der Waals surface area contributed by atoms with Gasteiger partial charge in [-0.15, -0.1) is 11.3 Å². The SMILES string of the molecule is Clc1ccc(Cn2cc(-c3nc4ccccc4s3)c3ccccc32)cc1Cl. The molecule has 3 aromatic carbocycles. The van der Waals surface area contributed by atoms with E-state index in [2.05, 4.69) is 53.2 Å². The van der Waals surface area contributed by atoms with Crippen LogP contribution in [0, 0.1) is 0 Å². The Balaban J connectivity index is 1.64. The maximum Gasteiger partial charge on any atom is 0.126 e. The summed E-state index contributed by atoms with van der Waals surface area (Å²) in [6.45, 7) is 0.725. The predicted octanol–water partition coefficient (Wildman–Crippen LogP) is 7.27. The van der Waals surface area contributed by atoms with Crippen LogP contribution in [0.3, 0.4) is 0 Å². The summed E-state index contributed by atoms with van der Waals surface area (Å²) < 4.78 is 3.45. The summed E-state index contributed by atoms with van der Waals surface area (Å²) >= 11 is 14.0. The van der Waals surface area contributed by atoms with Crippen LogP contribution in [0.15, 0.2) is 72.9 Å². The monoisotopic (exact) mass is 408 g/mol. The third kappa shape index (κ3) is 3.02. The van der Waals surface area contributed by atoms with Gasteiger partial charge in [-0.2, -0.15) is 0 Å². The first-order valence-electron chi connectivity index (χ1n) is 8.57. The van der Waals surface area contributed by atoms with Crippen molar-refractivity contribution in [3.63, 3.8) is 0 Å². The third-order valence-corrected chi connectivity index (χ3v) is 6.46. The Bertz CT molecular complexity index is 1250. The van der Waals surface area contributed by atoms with Gasteiger partial charge in [-0.25, -0.2) is 4.98 Å². The summed E-state index contributed by atoms with van der Waals surface area (Å²) in [6.07, 6.45) is 2.19. The van der Waals surface area contributed by atoms with Crippen LogP contribution in [0.5, 0.6) is 0 Å². The molecule has 5 heteroatoms. The molecule has 27 heavy (non-hydrogen) atoms. The van der Waals surface area contributed by atoms with Gasteiger partial charge in [-0.1, -0.05) is 59.6 Å². The highest BCUT2D eigenvalue weighted by Crippen LogP contribution is 2.36. The van der Waals surface area contributed by atoms with E-state index in [4.69, 9.17) is 28.2 Å². The lowest BCUT2D eigenvalue weighted by atomic mass is 10.2. The topological polar surface area (TPSA) is 17.8 Å². The summed E-state index contributed by atoms with van der Waals surface area (Å²) in [5.74, 6) is 0. The van der Waals surface area contributed by atoms with E-state index in [1.54, 1.807) is 11.3 Å². The molecule has 2 aromatic heterocycles. The predicted molar refractivity (Wildman–Crippen MR) is 116 cm³/mol. The van der Waals surface area contributed by atoms with E-state index in [1.807, 2.05) is 24.3 Å². The fraction of sp³-hybridized carbons (Fsp3) is 0.0455. The van der Waals surface area contributed by atoms with Crippen LogP contribution >= 0.6 is 34.5 Å². The highest BCUT2D eigenvalue weighted by Gasteiger charge is 2.14. The van der Waals surface area contributed by atoms with Crippen molar-refractivity contribution in [3.05, 3.63) is 88.5 Å². The first kappa shape index (κ1) is 16.8. The molecule has 0 radical (unpaired) electrons. The van der Waals surface area contributed by atoms with Gasteiger partial charge in [-0.3, -0.25) is 0 Å². The van der Waals surface area contributed by atoms with Gasteiger partial charge in [0, 0.05) is 29.2 Å². The van der Waals surface area contributed by atoms with Crippen LogP contribution in [0.2, 0.25) is 10.0 Å². The standard InChI is InChI=1S/C22H14Cl2N2S/c23-17-10-9-14(11-18(17)24)12-26-13-16(15-5-1-3-7-20(15)26)22-25-19-6-2-4-8-21(19)27-22/h1-11,13H,12H2. The van der Waals surface area contributed by atoms with Crippen molar-refractivity contribution in [2.45, 2.75) is 6.54 Å². The zero-order chi connectivity index (χ0) is 18.4. The van der Waals surface area contributed by atoms with Crippen LogP contribution < -0.4 is 0 Å². The molecule has 5 rings (SSSR count). The zero-order valence-corrected chi connectivity index (χ0v) is 16.5. The van der Waals surface area contributed by atoms with Gasteiger partial charge in [0.15, 0.2) is 0 Å². The first-order valence-corrected chi connectivity index (χ1v) is 10.1. The quantitative estimate of drug-likeness (QED) is 0.306. The van der Waals surface area contributed by atoms with Gasteiger partial charge in [0.2, 0.25) is 0 Å². The number of hydrogen-bond acceptors (Lipinski definition) is 2. The van der Waals surface area contributed by atoms with Crippen LogP contribution in [0.4, 0.5) is 0 Å². The summed E-state index contributed by atoms with van der Waals surface area (Å²) in [5, 5.41) is 3.40. The Kier molecular flexibility index (Phi) is 4.16. The number of benzene rings is 3. The number of halogens is 2. The van der Waals surface area contributed by atoms with E-state index in [0.717, 1.165) is 28.2 Å². The van der Waals surface area contributed by atoms with Crippen LogP contribution in [0.1, 0.15) is 5.56 Å². The Morgan fingerprint density at radius 2 is 1.70 bits per heavy atom. The third-order valence-electron chi connectivity index (χ3n) is 4.65. The molecule has 0 saturated carbocycles. The Morgan fingerprint density at radius 1 is 0.889 bits per heavy atom. The van der Waals surface area contributed by atoms with Crippen molar-refractivity contribution >= 4 is 55.7 Å². The van der Waals surface area contributed by atoms with Crippen molar-refractivity contribution in [2.24, 2.45) is 0 Å². The van der Waals surface area contributed by atoms with Gasteiger partial charge in [0.1, 0.15) is 5.01 Å². The van der Waals surface area contributed by atoms with Crippen molar-refractivity contribution in [1.82, 2.24) is 9.55 Å². The van der Waals surface area contributed by atoms with Crippen LogP contribution in [-0.2, 0) is 6.54 Å². The number of aromatic nitrogens is 2. The Labute approximate surface area is 170 Å². The minimum Gasteiger partial charge on any atom is -0.342 e. The first-order chi connectivity index (χ1) is 13.2. The Hall–Kier alpha value is -2.33. The number of hydrogen-bond donors (Lipinski definition) is 0.